The topological polar surface area (TPSA) is 90.2 Å². The summed E-state index contributed by atoms with van der Waals surface area (Å²) in [6.45, 7) is 11.2. The molecule has 1 saturated carbocycles. The Bertz CT molecular complexity index is 1200. The summed E-state index contributed by atoms with van der Waals surface area (Å²) < 4.78 is 24.5. The molecule has 2 aliphatic heterocycles. The Morgan fingerprint density at radius 2 is 1.82 bits per heavy atom. The summed E-state index contributed by atoms with van der Waals surface area (Å²) in [4.78, 5) is 21.9. The summed E-state index contributed by atoms with van der Waals surface area (Å²) in [5, 5.41) is 4.71. The van der Waals surface area contributed by atoms with E-state index >= 15 is 0 Å². The van der Waals surface area contributed by atoms with Gasteiger partial charge in [-0.2, -0.15) is 0 Å². The Morgan fingerprint density at radius 1 is 1.05 bits per heavy atom. The Morgan fingerprint density at radius 3 is 2.62 bits per heavy atom. The van der Waals surface area contributed by atoms with Gasteiger partial charge in [0, 0.05) is 37.7 Å². The van der Waals surface area contributed by atoms with E-state index in [1.165, 1.54) is 0 Å². The van der Waals surface area contributed by atoms with Gasteiger partial charge in [0.25, 0.3) is 0 Å². The molecule has 4 aliphatic rings. The van der Waals surface area contributed by atoms with Gasteiger partial charge >= 0.3 is 6.09 Å². The van der Waals surface area contributed by atoms with Crippen molar-refractivity contribution in [1.82, 2.24) is 15.0 Å². The molecular weight excluding hydrogens is 496 g/mol. The molecule has 2 saturated heterocycles. The van der Waals surface area contributed by atoms with Gasteiger partial charge in [0.1, 0.15) is 17.1 Å². The average Bonchev–Trinajstić information content (AvgIpc) is 3.51. The molecule has 1 amide bonds. The highest BCUT2D eigenvalue weighted by atomic mass is 16.7. The predicted octanol–water partition coefficient (Wildman–Crippen LogP) is 5.46. The van der Waals surface area contributed by atoms with Crippen molar-refractivity contribution >= 4 is 11.9 Å². The van der Waals surface area contributed by atoms with Crippen LogP contribution < -0.4 is 4.90 Å². The minimum absolute atomic E-state index is 0.0911. The number of carbonyl (C=O) groups is 1. The van der Waals surface area contributed by atoms with Crippen molar-refractivity contribution in [2.45, 2.75) is 102 Å². The number of pyridine rings is 1. The van der Waals surface area contributed by atoms with Gasteiger partial charge in [-0.1, -0.05) is 17.6 Å². The zero-order valence-electron chi connectivity index (χ0n) is 23.8. The van der Waals surface area contributed by atoms with Crippen LogP contribution >= 0.6 is 0 Å². The molecular formula is C30H42N4O5. The van der Waals surface area contributed by atoms with Crippen molar-refractivity contribution in [2.75, 3.05) is 37.7 Å². The van der Waals surface area contributed by atoms with E-state index in [2.05, 4.69) is 11.8 Å². The van der Waals surface area contributed by atoms with Crippen LogP contribution in [-0.2, 0) is 26.0 Å². The van der Waals surface area contributed by atoms with Crippen molar-refractivity contribution in [3.05, 3.63) is 29.5 Å². The minimum Gasteiger partial charge on any atom is -0.444 e. The van der Waals surface area contributed by atoms with Gasteiger partial charge in [-0.05, 0) is 78.4 Å². The van der Waals surface area contributed by atoms with E-state index in [-0.39, 0.29) is 17.6 Å². The van der Waals surface area contributed by atoms with E-state index in [4.69, 9.17) is 28.9 Å². The largest absolute Gasteiger partial charge is 0.444 e. The Hall–Kier alpha value is -2.65. The van der Waals surface area contributed by atoms with Crippen LogP contribution in [0.4, 0.5) is 10.6 Å². The molecule has 39 heavy (non-hydrogen) atoms. The van der Waals surface area contributed by atoms with Gasteiger partial charge in [-0.25, -0.2) is 9.78 Å². The highest BCUT2D eigenvalue weighted by Gasteiger charge is 2.61. The summed E-state index contributed by atoms with van der Waals surface area (Å²) in [6, 6.07) is 6.19. The molecule has 0 radical (unpaired) electrons. The van der Waals surface area contributed by atoms with Crippen LogP contribution in [-0.4, -0.2) is 71.4 Å². The zero-order chi connectivity index (χ0) is 27.3. The fraction of sp³-hybridized carbons (Fsp3) is 0.700. The van der Waals surface area contributed by atoms with Crippen LogP contribution in [0.25, 0.3) is 11.5 Å². The zero-order valence-corrected chi connectivity index (χ0v) is 23.8. The Balaban J connectivity index is 1.27. The van der Waals surface area contributed by atoms with Gasteiger partial charge in [-0.15, -0.1) is 0 Å². The molecule has 2 aliphatic carbocycles. The summed E-state index contributed by atoms with van der Waals surface area (Å²) in [5.74, 6) is 1.08. The number of hydrogen-bond donors (Lipinski definition) is 0. The number of rotatable bonds is 2. The lowest BCUT2D eigenvalue weighted by Crippen LogP contribution is -2.56. The summed E-state index contributed by atoms with van der Waals surface area (Å²) >= 11 is 0. The van der Waals surface area contributed by atoms with Gasteiger partial charge < -0.3 is 28.5 Å². The molecule has 4 heterocycles. The molecule has 2 aromatic rings. The maximum absolute atomic E-state index is 12.8. The first-order valence-electron chi connectivity index (χ1n) is 14.7. The molecule has 2 spiro atoms. The lowest BCUT2D eigenvalue weighted by atomic mass is 9.61. The molecule has 9 nitrogen and oxygen atoms in total. The van der Waals surface area contributed by atoms with Crippen molar-refractivity contribution in [2.24, 2.45) is 0 Å². The van der Waals surface area contributed by atoms with Gasteiger partial charge in [0.15, 0.2) is 11.5 Å². The summed E-state index contributed by atoms with van der Waals surface area (Å²) in [7, 11) is 0. The highest BCUT2D eigenvalue weighted by Crippen LogP contribution is 2.56. The fourth-order valence-corrected chi connectivity index (χ4v) is 7.21. The van der Waals surface area contributed by atoms with E-state index < -0.39 is 11.4 Å². The first-order chi connectivity index (χ1) is 18.7. The number of aromatic nitrogens is 2. The van der Waals surface area contributed by atoms with Crippen molar-refractivity contribution in [3.63, 3.8) is 0 Å². The monoisotopic (exact) mass is 538 g/mol. The maximum atomic E-state index is 12.8. The second-order valence-corrected chi connectivity index (χ2v) is 12.6. The first-order valence-corrected chi connectivity index (χ1v) is 14.7. The number of anilines is 1. The van der Waals surface area contributed by atoms with Crippen LogP contribution in [0.2, 0.25) is 0 Å². The highest BCUT2D eigenvalue weighted by molar-refractivity contribution is 5.68. The fourth-order valence-electron chi connectivity index (χ4n) is 7.21. The van der Waals surface area contributed by atoms with E-state index in [1.807, 2.05) is 43.9 Å². The smallest absolute Gasteiger partial charge is 0.410 e. The SMILES string of the molecule is C[C@H]1CN(C(=O)OC(C)(C)C)CCCN1c1cccc(-c2onc3c2CCC[C@@]32CCCCC23OCCO3)n1. The van der Waals surface area contributed by atoms with Crippen LogP contribution in [0.1, 0.15) is 83.9 Å². The number of carbonyl (C=O) groups excluding carboxylic acids is 1. The summed E-state index contributed by atoms with van der Waals surface area (Å²) in [6.07, 6.45) is 7.77. The van der Waals surface area contributed by atoms with E-state index in [9.17, 15) is 4.79 Å². The Kier molecular flexibility index (Phi) is 6.86. The van der Waals surface area contributed by atoms with Crippen LogP contribution in [0, 0.1) is 0 Å². The number of amides is 1. The number of hydrogen-bond acceptors (Lipinski definition) is 8. The van der Waals surface area contributed by atoms with Gasteiger partial charge in [0.2, 0.25) is 0 Å². The third-order valence-corrected chi connectivity index (χ3v) is 8.87. The second-order valence-electron chi connectivity index (χ2n) is 12.6. The lowest BCUT2D eigenvalue weighted by molar-refractivity contribution is -0.231. The van der Waals surface area contributed by atoms with Crippen molar-refractivity contribution in [3.8, 4) is 11.5 Å². The Labute approximate surface area is 231 Å². The number of nitrogens with zero attached hydrogens (tertiary/aromatic N) is 4. The lowest BCUT2D eigenvalue weighted by Gasteiger charge is -2.50. The second kappa shape index (κ2) is 10.1. The maximum Gasteiger partial charge on any atom is 0.410 e. The van der Waals surface area contributed by atoms with Gasteiger partial charge in [0.05, 0.1) is 24.3 Å². The van der Waals surface area contributed by atoms with E-state index in [1.54, 1.807) is 0 Å². The third-order valence-electron chi connectivity index (χ3n) is 8.87. The predicted molar refractivity (Wildman–Crippen MR) is 147 cm³/mol. The molecule has 0 bridgehead atoms. The van der Waals surface area contributed by atoms with E-state index in [0.717, 1.165) is 86.4 Å². The normalized spacial score (nSPS) is 27.0. The summed E-state index contributed by atoms with van der Waals surface area (Å²) in [5.41, 5.74) is 2.22. The number of ether oxygens (including phenoxy) is 3. The number of fused-ring (bicyclic) bond motifs is 3. The molecule has 9 heteroatoms. The van der Waals surface area contributed by atoms with E-state index in [0.29, 0.717) is 26.3 Å². The molecule has 2 atom stereocenters. The first kappa shape index (κ1) is 26.6. The molecule has 3 fully saturated rings. The van der Waals surface area contributed by atoms with Crippen LogP contribution in [0.5, 0.6) is 0 Å². The van der Waals surface area contributed by atoms with Gasteiger partial charge in [-0.3, -0.25) is 0 Å². The quantitative estimate of drug-likeness (QED) is 0.498. The third kappa shape index (κ3) is 4.71. The van der Waals surface area contributed by atoms with Crippen LogP contribution in [0.15, 0.2) is 22.7 Å². The molecule has 2 aromatic heterocycles. The molecule has 0 unspecified atom stereocenters. The average molecular weight is 539 g/mol. The molecule has 0 aromatic carbocycles. The molecule has 212 valence electrons. The van der Waals surface area contributed by atoms with Crippen molar-refractivity contribution < 1.29 is 23.5 Å². The minimum atomic E-state index is -0.578. The standard InChI is InChI=1S/C30H42N4O5/c1-21-20-33(27(35)38-28(2,3)4)16-9-17-34(21)24-12-7-11-23(31-24)25-22-10-8-14-29(26(22)32-39-25)13-5-6-15-30(29)36-18-19-37-30/h7,11-12,21H,5-6,8-10,13-20H2,1-4H3/t21-,29-/m0/s1. The molecule has 6 rings (SSSR count). The van der Waals surface area contributed by atoms with Crippen molar-refractivity contribution in [1.29, 1.82) is 0 Å². The van der Waals surface area contributed by atoms with Crippen LogP contribution in [0.3, 0.4) is 0 Å². The molecule has 0 N–H and O–H groups in total.